The van der Waals surface area contributed by atoms with Crippen LogP contribution in [0, 0.1) is 11.7 Å². The van der Waals surface area contributed by atoms with E-state index in [-0.39, 0.29) is 12.4 Å². The molecule has 112 valence electrons. The van der Waals surface area contributed by atoms with Crippen LogP contribution in [0.3, 0.4) is 0 Å². The third-order valence-corrected chi connectivity index (χ3v) is 4.01. The van der Waals surface area contributed by atoms with Crippen LogP contribution in [0.2, 0.25) is 0 Å². The smallest absolute Gasteiger partial charge is 0.209 e. The molecule has 2 aromatic rings. The van der Waals surface area contributed by atoms with E-state index < -0.39 is 0 Å². The van der Waals surface area contributed by atoms with Gasteiger partial charge >= 0.3 is 0 Å². The molecule has 1 N–H and O–H groups in total. The number of rotatable bonds is 4. The minimum atomic E-state index is -0.259. The summed E-state index contributed by atoms with van der Waals surface area (Å²) >= 11 is 0. The third-order valence-electron chi connectivity index (χ3n) is 4.01. The van der Waals surface area contributed by atoms with Crippen molar-refractivity contribution in [2.24, 2.45) is 5.92 Å². The molecule has 1 saturated heterocycles. The molecule has 0 amide bonds. The molecule has 21 heavy (non-hydrogen) atoms. The number of hydrogen-bond acceptors (Lipinski definition) is 4. The zero-order valence-electron chi connectivity index (χ0n) is 11.8. The van der Waals surface area contributed by atoms with Crippen LogP contribution >= 0.6 is 0 Å². The van der Waals surface area contributed by atoms with Gasteiger partial charge in [0.1, 0.15) is 5.82 Å². The maximum absolute atomic E-state index is 12.9. The maximum Gasteiger partial charge on any atom is 0.209 e. The van der Waals surface area contributed by atoms with Crippen LogP contribution in [0.5, 0.6) is 0 Å². The Hall–Kier alpha value is -1.72. The van der Waals surface area contributed by atoms with E-state index in [1.54, 1.807) is 18.3 Å². The van der Waals surface area contributed by atoms with Gasteiger partial charge in [0, 0.05) is 12.2 Å². The van der Waals surface area contributed by atoms with Gasteiger partial charge in [-0.25, -0.2) is 9.37 Å². The van der Waals surface area contributed by atoms with Gasteiger partial charge in [-0.05, 0) is 56.1 Å². The molecule has 0 spiro atoms. The van der Waals surface area contributed by atoms with Crippen molar-refractivity contribution in [1.29, 1.82) is 0 Å². The Morgan fingerprint density at radius 2 is 1.95 bits per heavy atom. The number of likely N-dealkylation sites (tertiary alicyclic amines) is 1. The number of benzene rings is 1. The molecule has 1 aliphatic heterocycles. The molecule has 0 atom stereocenters. The molecule has 3 rings (SSSR count). The van der Waals surface area contributed by atoms with E-state index in [9.17, 15) is 4.39 Å². The summed E-state index contributed by atoms with van der Waals surface area (Å²) in [5.41, 5.74) is 0.828. The van der Waals surface area contributed by atoms with E-state index >= 15 is 0 Å². The first-order valence-electron chi connectivity index (χ1n) is 7.28. The number of nitrogens with zero attached hydrogens (tertiary/aromatic N) is 2. The first-order chi connectivity index (χ1) is 10.2. The van der Waals surface area contributed by atoms with Gasteiger partial charge in [0.05, 0.1) is 12.7 Å². The summed E-state index contributed by atoms with van der Waals surface area (Å²) < 4.78 is 18.6. The zero-order chi connectivity index (χ0) is 14.7. The molecular formula is C16H19FN2O2. The fourth-order valence-corrected chi connectivity index (χ4v) is 2.65. The number of oxazole rings is 1. The second-order valence-corrected chi connectivity index (χ2v) is 5.53. The summed E-state index contributed by atoms with van der Waals surface area (Å²) in [6, 6.07) is 6.20. The lowest BCUT2D eigenvalue weighted by Crippen LogP contribution is -2.34. The van der Waals surface area contributed by atoms with Crippen molar-refractivity contribution in [3.8, 4) is 11.3 Å². The molecule has 5 heteroatoms. The second-order valence-electron chi connectivity index (χ2n) is 5.53. The minimum Gasteiger partial charge on any atom is -0.439 e. The molecule has 0 aliphatic carbocycles. The molecular weight excluding hydrogens is 271 g/mol. The van der Waals surface area contributed by atoms with Gasteiger partial charge in [-0.3, -0.25) is 4.90 Å². The highest BCUT2D eigenvalue weighted by molar-refractivity contribution is 5.55. The first-order valence-corrected chi connectivity index (χ1v) is 7.28. The Morgan fingerprint density at radius 1 is 1.24 bits per heavy atom. The lowest BCUT2D eigenvalue weighted by Gasteiger charge is -2.29. The fourth-order valence-electron chi connectivity index (χ4n) is 2.65. The van der Waals surface area contributed by atoms with Crippen molar-refractivity contribution in [3.63, 3.8) is 0 Å². The van der Waals surface area contributed by atoms with Crippen LogP contribution < -0.4 is 0 Å². The predicted molar refractivity (Wildman–Crippen MR) is 77.0 cm³/mol. The number of hydrogen-bond donors (Lipinski definition) is 1. The molecule has 0 unspecified atom stereocenters. The summed E-state index contributed by atoms with van der Waals surface area (Å²) in [5, 5.41) is 9.14. The van der Waals surface area contributed by atoms with Crippen molar-refractivity contribution in [3.05, 3.63) is 42.2 Å². The van der Waals surface area contributed by atoms with Gasteiger partial charge < -0.3 is 9.52 Å². The van der Waals surface area contributed by atoms with E-state index in [1.807, 2.05) is 0 Å². The van der Waals surface area contributed by atoms with Gasteiger partial charge in [0.25, 0.3) is 0 Å². The monoisotopic (exact) mass is 290 g/mol. The maximum atomic E-state index is 12.9. The quantitative estimate of drug-likeness (QED) is 0.940. The van der Waals surface area contributed by atoms with Gasteiger partial charge in [-0.15, -0.1) is 0 Å². The SMILES string of the molecule is OCC1CCN(Cc2ncc(-c3ccc(F)cc3)o2)CC1. The van der Waals surface area contributed by atoms with Gasteiger partial charge in [-0.1, -0.05) is 0 Å². The summed E-state index contributed by atoms with van der Waals surface area (Å²) in [5.74, 6) is 1.51. The van der Waals surface area contributed by atoms with E-state index in [4.69, 9.17) is 9.52 Å². The van der Waals surface area contributed by atoms with Crippen molar-refractivity contribution < 1.29 is 13.9 Å². The standard InChI is InChI=1S/C16H19FN2O2/c17-14-3-1-13(2-4-14)15-9-18-16(21-15)10-19-7-5-12(11-20)6-8-19/h1-4,9,12,20H,5-8,10-11H2. The largest absolute Gasteiger partial charge is 0.439 e. The van der Waals surface area contributed by atoms with Crippen LogP contribution in [0.1, 0.15) is 18.7 Å². The molecule has 1 aromatic heterocycles. The second kappa shape index (κ2) is 6.37. The highest BCUT2D eigenvalue weighted by Gasteiger charge is 2.20. The van der Waals surface area contributed by atoms with Crippen LogP contribution in [-0.4, -0.2) is 34.7 Å². The average Bonchev–Trinajstić information content (AvgIpc) is 2.97. The van der Waals surface area contributed by atoms with Crippen molar-refractivity contribution in [1.82, 2.24) is 9.88 Å². The van der Waals surface area contributed by atoms with Crippen LogP contribution in [0.15, 0.2) is 34.9 Å². The van der Waals surface area contributed by atoms with Crippen molar-refractivity contribution >= 4 is 0 Å². The van der Waals surface area contributed by atoms with E-state index in [1.165, 1.54) is 12.1 Å². The average molecular weight is 290 g/mol. The summed E-state index contributed by atoms with van der Waals surface area (Å²) in [7, 11) is 0. The highest BCUT2D eigenvalue weighted by Crippen LogP contribution is 2.23. The third kappa shape index (κ3) is 3.49. The lowest BCUT2D eigenvalue weighted by atomic mass is 9.98. The molecule has 4 nitrogen and oxygen atoms in total. The predicted octanol–water partition coefficient (Wildman–Crippen LogP) is 2.69. The number of aliphatic hydroxyl groups is 1. The Labute approximate surface area is 123 Å². The molecule has 1 aromatic carbocycles. The lowest BCUT2D eigenvalue weighted by molar-refractivity contribution is 0.121. The van der Waals surface area contributed by atoms with Crippen molar-refractivity contribution in [2.45, 2.75) is 19.4 Å². The Morgan fingerprint density at radius 3 is 2.62 bits per heavy atom. The number of piperidine rings is 1. The molecule has 0 bridgehead atoms. The normalized spacial score (nSPS) is 17.2. The van der Waals surface area contributed by atoms with Gasteiger partial charge in [0.15, 0.2) is 5.76 Å². The van der Waals surface area contributed by atoms with E-state index in [2.05, 4.69) is 9.88 Å². The Bertz CT molecular complexity index is 574. The van der Waals surface area contributed by atoms with E-state index in [0.29, 0.717) is 24.1 Å². The molecule has 0 radical (unpaired) electrons. The topological polar surface area (TPSA) is 49.5 Å². The summed E-state index contributed by atoms with van der Waals surface area (Å²) in [4.78, 5) is 6.58. The molecule has 1 fully saturated rings. The molecule has 1 aliphatic rings. The zero-order valence-corrected chi connectivity index (χ0v) is 11.8. The minimum absolute atomic E-state index is 0.259. The van der Waals surface area contributed by atoms with E-state index in [0.717, 1.165) is 31.5 Å². The summed E-state index contributed by atoms with van der Waals surface area (Å²) in [6.07, 6.45) is 3.72. The van der Waals surface area contributed by atoms with Crippen LogP contribution in [0.25, 0.3) is 11.3 Å². The van der Waals surface area contributed by atoms with Gasteiger partial charge in [-0.2, -0.15) is 0 Å². The number of aliphatic hydroxyl groups excluding tert-OH is 1. The Balaban J connectivity index is 1.62. The fraction of sp³-hybridized carbons (Fsp3) is 0.438. The number of halogens is 1. The van der Waals surface area contributed by atoms with Crippen molar-refractivity contribution in [2.75, 3.05) is 19.7 Å². The molecule has 2 heterocycles. The molecule has 0 saturated carbocycles. The highest BCUT2D eigenvalue weighted by atomic mass is 19.1. The van der Waals surface area contributed by atoms with Gasteiger partial charge in [0.2, 0.25) is 5.89 Å². The van der Waals surface area contributed by atoms with Crippen LogP contribution in [-0.2, 0) is 6.54 Å². The Kier molecular flexibility index (Phi) is 4.31. The first kappa shape index (κ1) is 14.2. The van der Waals surface area contributed by atoms with Crippen LogP contribution in [0.4, 0.5) is 4.39 Å². The summed E-state index contributed by atoms with van der Waals surface area (Å²) in [6.45, 7) is 2.87. The number of aromatic nitrogens is 1.